The maximum atomic E-state index is 13.0. The Bertz CT molecular complexity index is 923. The molecule has 2 saturated carbocycles. The van der Waals surface area contributed by atoms with Crippen LogP contribution in [0.1, 0.15) is 101 Å². The van der Waals surface area contributed by atoms with Gasteiger partial charge in [0.05, 0.1) is 34.5 Å². The molecule has 0 aromatic heterocycles. The number of hydrogen-bond acceptors (Lipinski definition) is 6. The predicted octanol–water partition coefficient (Wildman–Crippen LogP) is 5.47. The predicted molar refractivity (Wildman–Crippen MR) is 127 cm³/mol. The zero-order valence-corrected chi connectivity index (χ0v) is 21.3. The lowest BCUT2D eigenvalue weighted by atomic mass is 9.75. The van der Waals surface area contributed by atoms with Crippen LogP contribution >= 0.6 is 0 Å². The van der Waals surface area contributed by atoms with Gasteiger partial charge in [-0.2, -0.15) is 0 Å². The monoisotopic (exact) mass is 470 g/mol. The highest BCUT2D eigenvalue weighted by Crippen LogP contribution is 2.53. The second kappa shape index (κ2) is 7.79. The molecular weight excluding hydrogens is 432 g/mol. The van der Waals surface area contributed by atoms with Crippen molar-refractivity contribution in [3.05, 3.63) is 35.4 Å². The number of carbonyl (C=O) groups is 2. The summed E-state index contributed by atoms with van der Waals surface area (Å²) >= 11 is 0. The van der Waals surface area contributed by atoms with Crippen LogP contribution in [-0.4, -0.2) is 46.6 Å². The van der Waals surface area contributed by atoms with Gasteiger partial charge in [-0.3, -0.25) is 0 Å². The average Bonchev–Trinajstić information content (AvgIpc) is 3.64. The summed E-state index contributed by atoms with van der Waals surface area (Å²) in [6, 6.07) is 6.67. The highest BCUT2D eigenvalue weighted by molar-refractivity contribution is 5.95. The van der Waals surface area contributed by atoms with E-state index >= 15 is 0 Å². The minimum Gasteiger partial charge on any atom is -0.456 e. The third kappa shape index (κ3) is 4.39. The largest absolute Gasteiger partial charge is 0.456 e. The van der Waals surface area contributed by atoms with Crippen LogP contribution in [0.25, 0.3) is 0 Å². The van der Waals surface area contributed by atoms with Crippen LogP contribution in [-0.2, 0) is 18.9 Å². The van der Waals surface area contributed by atoms with Crippen molar-refractivity contribution in [2.75, 3.05) is 0 Å². The van der Waals surface area contributed by atoms with Gasteiger partial charge in [0, 0.05) is 11.8 Å². The first-order valence-corrected chi connectivity index (χ1v) is 12.7. The Morgan fingerprint density at radius 1 is 0.824 bits per heavy atom. The Labute approximate surface area is 202 Å². The van der Waals surface area contributed by atoms with Gasteiger partial charge in [-0.1, -0.05) is 6.07 Å². The van der Waals surface area contributed by atoms with E-state index in [1.807, 2.05) is 27.7 Å². The van der Waals surface area contributed by atoms with Crippen molar-refractivity contribution in [3.63, 3.8) is 0 Å². The van der Waals surface area contributed by atoms with Crippen LogP contribution in [0.15, 0.2) is 24.3 Å². The van der Waals surface area contributed by atoms with Gasteiger partial charge >= 0.3 is 11.9 Å². The van der Waals surface area contributed by atoms with Gasteiger partial charge in [0.2, 0.25) is 0 Å². The molecule has 2 aliphatic carbocycles. The van der Waals surface area contributed by atoms with Crippen molar-refractivity contribution in [1.82, 2.24) is 0 Å². The molecule has 0 spiro atoms. The van der Waals surface area contributed by atoms with Crippen molar-refractivity contribution in [2.24, 2.45) is 11.8 Å². The highest BCUT2D eigenvalue weighted by Gasteiger charge is 2.58. The van der Waals surface area contributed by atoms with Gasteiger partial charge < -0.3 is 18.9 Å². The molecule has 1 aromatic carbocycles. The first-order valence-electron chi connectivity index (χ1n) is 12.7. The maximum Gasteiger partial charge on any atom is 0.338 e. The third-order valence-electron chi connectivity index (χ3n) is 9.06. The summed E-state index contributed by atoms with van der Waals surface area (Å²) in [6.07, 6.45) is 6.29. The van der Waals surface area contributed by atoms with Gasteiger partial charge in [-0.15, -0.1) is 0 Å². The number of epoxide rings is 2. The van der Waals surface area contributed by atoms with E-state index in [0.29, 0.717) is 11.1 Å². The Hall–Kier alpha value is -1.92. The summed E-state index contributed by atoms with van der Waals surface area (Å²) < 4.78 is 23.6. The summed E-state index contributed by atoms with van der Waals surface area (Å²) in [5, 5.41) is 0. The fourth-order valence-corrected chi connectivity index (χ4v) is 6.09. The normalized spacial score (nSPS) is 36.6. The van der Waals surface area contributed by atoms with Crippen LogP contribution in [0.5, 0.6) is 0 Å². The Kier molecular flexibility index (Phi) is 5.45. The molecule has 0 radical (unpaired) electrons. The molecule has 6 atom stereocenters. The maximum absolute atomic E-state index is 13.0. The molecule has 6 unspecified atom stereocenters. The number of benzene rings is 1. The van der Waals surface area contributed by atoms with Crippen LogP contribution in [0.4, 0.5) is 0 Å². The molecule has 1 aromatic rings. The van der Waals surface area contributed by atoms with E-state index in [1.54, 1.807) is 24.3 Å². The van der Waals surface area contributed by atoms with Crippen molar-refractivity contribution in [3.8, 4) is 0 Å². The standard InChI is InChI=1S/C28H38O6/c1-25(2,19-10-12-27(5)21(15-19)31-27)33-23(29)17-8-7-9-18(14-17)24(30)34-26(3,4)20-11-13-28(6)22(16-20)32-28/h7-9,14,19-22H,10-13,15-16H2,1-6H3. The Morgan fingerprint density at radius 3 is 1.62 bits per heavy atom. The number of carbonyl (C=O) groups excluding carboxylic acids is 2. The minimum absolute atomic E-state index is 0.0298. The van der Waals surface area contributed by atoms with E-state index in [-0.39, 0.29) is 35.2 Å². The molecule has 4 fully saturated rings. The highest BCUT2D eigenvalue weighted by atomic mass is 16.6. The smallest absolute Gasteiger partial charge is 0.338 e. The van der Waals surface area contributed by atoms with E-state index in [0.717, 1.165) is 38.5 Å². The number of hydrogen-bond donors (Lipinski definition) is 0. The molecule has 6 heteroatoms. The number of ether oxygens (including phenoxy) is 4. The molecule has 2 heterocycles. The number of fused-ring (bicyclic) bond motifs is 2. The molecule has 0 N–H and O–H groups in total. The summed E-state index contributed by atoms with van der Waals surface area (Å²) in [5.41, 5.74) is -0.428. The summed E-state index contributed by atoms with van der Waals surface area (Å²) in [5.74, 6) is -0.333. The van der Waals surface area contributed by atoms with E-state index in [1.165, 1.54) is 0 Å². The van der Waals surface area contributed by atoms with Gasteiger partial charge in [0.1, 0.15) is 11.2 Å². The third-order valence-corrected chi connectivity index (χ3v) is 9.06. The molecule has 4 aliphatic rings. The first kappa shape index (κ1) is 23.8. The molecule has 6 nitrogen and oxygen atoms in total. The van der Waals surface area contributed by atoms with Crippen molar-refractivity contribution >= 4 is 11.9 Å². The fraction of sp³-hybridized carbons (Fsp3) is 0.714. The van der Waals surface area contributed by atoms with E-state index in [4.69, 9.17) is 18.9 Å². The topological polar surface area (TPSA) is 77.7 Å². The second-order valence-corrected chi connectivity index (χ2v) is 12.3. The quantitative estimate of drug-likeness (QED) is 0.405. The fourth-order valence-electron chi connectivity index (χ4n) is 6.09. The summed E-state index contributed by atoms with van der Waals surface area (Å²) in [6.45, 7) is 12.2. The zero-order valence-electron chi connectivity index (χ0n) is 21.3. The van der Waals surface area contributed by atoms with E-state index < -0.39 is 23.1 Å². The molecule has 0 amide bonds. The lowest BCUT2D eigenvalue weighted by Gasteiger charge is -2.36. The van der Waals surface area contributed by atoms with Crippen LogP contribution in [0.3, 0.4) is 0 Å². The first-order chi connectivity index (χ1) is 15.8. The van der Waals surface area contributed by atoms with Crippen molar-refractivity contribution < 1.29 is 28.5 Å². The molecule has 2 aliphatic heterocycles. The summed E-state index contributed by atoms with van der Waals surface area (Å²) in [4.78, 5) is 26.0. The number of esters is 2. The molecular formula is C28H38O6. The van der Waals surface area contributed by atoms with E-state index in [9.17, 15) is 9.59 Å². The van der Waals surface area contributed by atoms with Crippen LogP contribution in [0.2, 0.25) is 0 Å². The molecule has 2 saturated heterocycles. The SMILES string of the molecule is CC(C)(OC(=O)c1cccc(C(=O)OC(C)(C)C2CCC3(C)OC3C2)c1)C1CCC2(C)OC2C1. The molecule has 0 bridgehead atoms. The lowest BCUT2D eigenvalue weighted by Crippen LogP contribution is -2.41. The van der Waals surface area contributed by atoms with Gasteiger partial charge in [-0.05, 0) is 98.3 Å². The molecule has 5 rings (SSSR count). The van der Waals surface area contributed by atoms with Gasteiger partial charge in [-0.25, -0.2) is 9.59 Å². The minimum atomic E-state index is -0.608. The lowest BCUT2D eigenvalue weighted by molar-refractivity contribution is -0.0379. The zero-order chi connectivity index (χ0) is 24.5. The van der Waals surface area contributed by atoms with Crippen LogP contribution in [0, 0.1) is 11.8 Å². The molecule has 186 valence electrons. The molecule has 34 heavy (non-hydrogen) atoms. The van der Waals surface area contributed by atoms with Gasteiger partial charge in [0.15, 0.2) is 0 Å². The van der Waals surface area contributed by atoms with Crippen molar-refractivity contribution in [2.45, 2.75) is 115 Å². The van der Waals surface area contributed by atoms with E-state index in [2.05, 4.69) is 13.8 Å². The average molecular weight is 471 g/mol. The van der Waals surface area contributed by atoms with Gasteiger partial charge in [0.25, 0.3) is 0 Å². The number of rotatable bonds is 6. The second-order valence-electron chi connectivity index (χ2n) is 12.3. The Balaban J connectivity index is 1.21. The van der Waals surface area contributed by atoms with Crippen molar-refractivity contribution in [1.29, 1.82) is 0 Å². The Morgan fingerprint density at radius 2 is 1.24 bits per heavy atom. The van der Waals surface area contributed by atoms with Crippen LogP contribution < -0.4 is 0 Å². The summed E-state index contributed by atoms with van der Waals surface area (Å²) in [7, 11) is 0.